The molecule has 3 aromatic rings. The van der Waals surface area contributed by atoms with E-state index in [0.29, 0.717) is 16.4 Å². The quantitative estimate of drug-likeness (QED) is 0.702. The van der Waals surface area contributed by atoms with Crippen LogP contribution in [-0.2, 0) is 11.8 Å². The molecule has 0 unspecified atom stereocenters. The molecule has 3 rings (SSSR count). The molecule has 1 atom stereocenters. The van der Waals surface area contributed by atoms with Crippen LogP contribution in [-0.4, -0.2) is 25.9 Å². The van der Waals surface area contributed by atoms with Crippen LogP contribution in [0.25, 0.3) is 11.4 Å². The molecule has 2 aromatic carbocycles. The number of amides is 1. The van der Waals surface area contributed by atoms with Crippen LogP contribution in [0.1, 0.15) is 12.5 Å². The van der Waals surface area contributed by atoms with Crippen molar-refractivity contribution in [2.45, 2.75) is 17.3 Å². The third-order valence-corrected chi connectivity index (χ3v) is 4.93. The fourth-order valence-electron chi connectivity index (χ4n) is 2.34. The zero-order chi connectivity index (χ0) is 18.5. The molecular formula is C19H17N5OS. The van der Waals surface area contributed by atoms with Gasteiger partial charge in [0.05, 0.1) is 16.9 Å². The largest absolute Gasteiger partial charge is 0.325 e. The molecule has 0 aliphatic rings. The highest BCUT2D eigenvalue weighted by atomic mass is 32.2. The average molecular weight is 363 g/mol. The van der Waals surface area contributed by atoms with Gasteiger partial charge in [-0.25, -0.2) is 0 Å². The predicted octanol–water partition coefficient (Wildman–Crippen LogP) is 3.47. The second kappa shape index (κ2) is 7.85. The summed E-state index contributed by atoms with van der Waals surface area (Å²) in [4.78, 5) is 12.4. The van der Waals surface area contributed by atoms with Gasteiger partial charge in [0.25, 0.3) is 0 Å². The summed E-state index contributed by atoms with van der Waals surface area (Å²) in [5, 5.41) is 20.4. The Morgan fingerprint density at radius 1 is 1.15 bits per heavy atom. The zero-order valence-electron chi connectivity index (χ0n) is 14.4. The first-order valence-electron chi connectivity index (χ1n) is 8.01. The Bertz CT molecular complexity index is 944. The number of nitriles is 1. The summed E-state index contributed by atoms with van der Waals surface area (Å²) in [6.07, 6.45) is 0. The first-order valence-corrected chi connectivity index (χ1v) is 8.89. The maximum Gasteiger partial charge on any atom is 0.237 e. The molecule has 0 bridgehead atoms. The Balaban J connectivity index is 1.67. The summed E-state index contributed by atoms with van der Waals surface area (Å²) in [7, 11) is 1.88. The fourth-order valence-corrected chi connectivity index (χ4v) is 3.15. The monoisotopic (exact) mass is 363 g/mol. The number of carbonyl (C=O) groups is 1. The van der Waals surface area contributed by atoms with E-state index in [2.05, 4.69) is 21.6 Å². The smallest absolute Gasteiger partial charge is 0.237 e. The highest BCUT2D eigenvalue weighted by molar-refractivity contribution is 8.00. The Morgan fingerprint density at radius 2 is 1.85 bits per heavy atom. The molecule has 1 N–H and O–H groups in total. The van der Waals surface area contributed by atoms with Gasteiger partial charge in [-0.05, 0) is 31.2 Å². The summed E-state index contributed by atoms with van der Waals surface area (Å²) in [6, 6.07) is 18.6. The maximum atomic E-state index is 12.4. The van der Waals surface area contributed by atoms with Crippen molar-refractivity contribution in [3.05, 3.63) is 60.2 Å². The number of carbonyl (C=O) groups excluding carboxylic acids is 1. The van der Waals surface area contributed by atoms with Crippen molar-refractivity contribution in [1.82, 2.24) is 14.8 Å². The van der Waals surface area contributed by atoms with Gasteiger partial charge in [0.2, 0.25) is 5.91 Å². The number of hydrogen-bond acceptors (Lipinski definition) is 5. The van der Waals surface area contributed by atoms with E-state index in [-0.39, 0.29) is 11.2 Å². The van der Waals surface area contributed by atoms with Crippen LogP contribution < -0.4 is 5.32 Å². The molecule has 0 aliphatic carbocycles. The van der Waals surface area contributed by atoms with Crippen LogP contribution in [0.3, 0.4) is 0 Å². The van der Waals surface area contributed by atoms with Crippen molar-refractivity contribution in [1.29, 1.82) is 5.26 Å². The third-order valence-electron chi connectivity index (χ3n) is 3.80. The SMILES string of the molecule is C[C@H](Sc1nnc(-c2ccccc2)n1C)C(=O)Nc1ccc(C#N)cc1. The van der Waals surface area contributed by atoms with Gasteiger partial charge in [-0.15, -0.1) is 10.2 Å². The molecule has 26 heavy (non-hydrogen) atoms. The van der Waals surface area contributed by atoms with Crippen molar-refractivity contribution in [2.24, 2.45) is 7.05 Å². The third kappa shape index (κ3) is 3.92. The number of nitrogens with zero attached hydrogens (tertiary/aromatic N) is 4. The van der Waals surface area contributed by atoms with E-state index in [1.54, 1.807) is 24.3 Å². The Kier molecular flexibility index (Phi) is 5.34. The number of rotatable bonds is 5. The number of benzene rings is 2. The van der Waals surface area contributed by atoms with Crippen LogP contribution >= 0.6 is 11.8 Å². The Labute approximate surface area is 155 Å². The second-order valence-corrected chi connectivity index (χ2v) is 6.98. The molecule has 1 amide bonds. The lowest BCUT2D eigenvalue weighted by Crippen LogP contribution is -2.22. The minimum atomic E-state index is -0.350. The van der Waals surface area contributed by atoms with E-state index in [1.165, 1.54) is 11.8 Å². The molecule has 6 nitrogen and oxygen atoms in total. The fraction of sp³-hybridized carbons (Fsp3) is 0.158. The zero-order valence-corrected chi connectivity index (χ0v) is 15.2. The topological polar surface area (TPSA) is 83.6 Å². The summed E-state index contributed by atoms with van der Waals surface area (Å²) in [5.41, 5.74) is 2.19. The number of hydrogen-bond donors (Lipinski definition) is 1. The molecule has 0 fully saturated rings. The van der Waals surface area contributed by atoms with Crippen LogP contribution in [0.15, 0.2) is 59.8 Å². The maximum absolute atomic E-state index is 12.4. The average Bonchev–Trinajstić information content (AvgIpc) is 3.03. The minimum absolute atomic E-state index is 0.135. The van der Waals surface area contributed by atoms with Crippen LogP contribution in [0.4, 0.5) is 5.69 Å². The molecule has 0 aliphatic heterocycles. The highest BCUT2D eigenvalue weighted by Crippen LogP contribution is 2.26. The van der Waals surface area contributed by atoms with E-state index in [9.17, 15) is 4.79 Å². The molecular weight excluding hydrogens is 346 g/mol. The number of anilines is 1. The number of thioether (sulfide) groups is 1. The van der Waals surface area contributed by atoms with E-state index < -0.39 is 0 Å². The molecule has 7 heteroatoms. The lowest BCUT2D eigenvalue weighted by atomic mass is 10.2. The van der Waals surface area contributed by atoms with Gasteiger partial charge in [-0.1, -0.05) is 42.1 Å². The summed E-state index contributed by atoms with van der Waals surface area (Å²) in [5.74, 6) is 0.622. The van der Waals surface area contributed by atoms with Gasteiger partial charge in [0.15, 0.2) is 11.0 Å². The normalized spacial score (nSPS) is 11.6. The van der Waals surface area contributed by atoms with Gasteiger partial charge >= 0.3 is 0 Å². The summed E-state index contributed by atoms with van der Waals surface area (Å²) < 4.78 is 1.88. The highest BCUT2D eigenvalue weighted by Gasteiger charge is 2.19. The van der Waals surface area contributed by atoms with Gasteiger partial charge < -0.3 is 9.88 Å². The van der Waals surface area contributed by atoms with Crippen molar-refractivity contribution in [3.63, 3.8) is 0 Å². The van der Waals surface area contributed by atoms with Gasteiger partial charge in [-0.2, -0.15) is 5.26 Å². The molecule has 1 aromatic heterocycles. The number of aromatic nitrogens is 3. The lowest BCUT2D eigenvalue weighted by Gasteiger charge is -2.11. The number of nitrogens with one attached hydrogen (secondary N) is 1. The van der Waals surface area contributed by atoms with Gasteiger partial charge in [-0.3, -0.25) is 4.79 Å². The molecule has 1 heterocycles. The predicted molar refractivity (Wildman–Crippen MR) is 102 cm³/mol. The van der Waals surface area contributed by atoms with Crippen LogP contribution in [0.2, 0.25) is 0 Å². The standard InChI is InChI=1S/C19H17N5OS/c1-13(18(25)21-16-10-8-14(12-20)9-11-16)26-19-23-22-17(24(19)2)15-6-4-3-5-7-15/h3-11,13H,1-2H3,(H,21,25)/t13-/m0/s1. The summed E-state index contributed by atoms with van der Waals surface area (Å²) in [6.45, 7) is 1.82. The van der Waals surface area contributed by atoms with Gasteiger partial charge in [0, 0.05) is 18.3 Å². The van der Waals surface area contributed by atoms with E-state index >= 15 is 0 Å². The van der Waals surface area contributed by atoms with E-state index in [0.717, 1.165) is 11.4 Å². The first kappa shape index (κ1) is 17.7. The van der Waals surface area contributed by atoms with Gasteiger partial charge in [0.1, 0.15) is 0 Å². The Morgan fingerprint density at radius 3 is 2.50 bits per heavy atom. The second-order valence-electron chi connectivity index (χ2n) is 5.67. The van der Waals surface area contributed by atoms with E-state index in [1.807, 2.05) is 48.9 Å². The van der Waals surface area contributed by atoms with Crippen molar-refractivity contribution >= 4 is 23.4 Å². The Hall–Kier alpha value is -3.11. The molecule has 0 radical (unpaired) electrons. The van der Waals surface area contributed by atoms with Crippen LogP contribution in [0, 0.1) is 11.3 Å². The van der Waals surface area contributed by atoms with Crippen LogP contribution in [0.5, 0.6) is 0 Å². The molecule has 130 valence electrons. The molecule has 0 saturated heterocycles. The molecule has 0 spiro atoms. The van der Waals surface area contributed by atoms with Crippen molar-refractivity contribution in [3.8, 4) is 17.5 Å². The van der Waals surface area contributed by atoms with E-state index in [4.69, 9.17) is 5.26 Å². The lowest BCUT2D eigenvalue weighted by molar-refractivity contribution is -0.115. The first-order chi connectivity index (χ1) is 12.6. The minimum Gasteiger partial charge on any atom is -0.325 e. The summed E-state index contributed by atoms with van der Waals surface area (Å²) >= 11 is 1.35. The van der Waals surface area contributed by atoms with Crippen molar-refractivity contribution < 1.29 is 4.79 Å². The molecule has 0 saturated carbocycles. The van der Waals surface area contributed by atoms with Crippen molar-refractivity contribution in [2.75, 3.05) is 5.32 Å².